The SMILES string of the molecule is CC(C)C(N)CCN(C)C(=O)c1cc(-c2ccccc2)no1.Cl. The highest BCUT2D eigenvalue weighted by atomic mass is 35.5. The molecular weight excluding hydrogens is 314 g/mol. The minimum absolute atomic E-state index is 0. The number of nitrogens with zero attached hydrogens (tertiary/aromatic N) is 2. The summed E-state index contributed by atoms with van der Waals surface area (Å²) in [6.07, 6.45) is 0.763. The van der Waals surface area contributed by atoms with Crippen molar-refractivity contribution in [2.75, 3.05) is 13.6 Å². The first kappa shape index (κ1) is 19.2. The first-order valence-corrected chi connectivity index (χ1v) is 7.52. The Morgan fingerprint density at radius 3 is 2.57 bits per heavy atom. The first-order valence-electron chi connectivity index (χ1n) is 7.52. The highest BCUT2D eigenvalue weighted by Gasteiger charge is 2.19. The summed E-state index contributed by atoms with van der Waals surface area (Å²) in [5.41, 5.74) is 7.60. The summed E-state index contributed by atoms with van der Waals surface area (Å²) in [4.78, 5) is 13.9. The normalized spacial score (nSPS) is 11.9. The van der Waals surface area contributed by atoms with Gasteiger partial charge in [-0.3, -0.25) is 4.79 Å². The Bertz CT molecular complexity index is 613. The van der Waals surface area contributed by atoms with Crippen molar-refractivity contribution >= 4 is 18.3 Å². The van der Waals surface area contributed by atoms with Gasteiger partial charge in [0, 0.05) is 31.3 Å². The second-order valence-electron chi connectivity index (χ2n) is 5.87. The van der Waals surface area contributed by atoms with Crippen LogP contribution in [0.15, 0.2) is 40.9 Å². The van der Waals surface area contributed by atoms with E-state index < -0.39 is 0 Å². The fraction of sp³-hybridized carbons (Fsp3) is 0.412. The van der Waals surface area contributed by atoms with Crippen LogP contribution < -0.4 is 5.73 Å². The Hall–Kier alpha value is -1.85. The van der Waals surface area contributed by atoms with E-state index in [4.69, 9.17) is 10.3 Å². The van der Waals surface area contributed by atoms with Crippen molar-refractivity contribution in [1.82, 2.24) is 10.1 Å². The highest BCUT2D eigenvalue weighted by Crippen LogP contribution is 2.19. The number of benzene rings is 1. The van der Waals surface area contributed by atoms with E-state index in [1.54, 1.807) is 18.0 Å². The maximum absolute atomic E-state index is 12.3. The molecule has 0 aliphatic rings. The average molecular weight is 338 g/mol. The van der Waals surface area contributed by atoms with Crippen LogP contribution in [0.4, 0.5) is 0 Å². The summed E-state index contributed by atoms with van der Waals surface area (Å²) >= 11 is 0. The number of amides is 1. The number of aromatic nitrogens is 1. The van der Waals surface area contributed by atoms with E-state index in [1.165, 1.54) is 0 Å². The molecule has 0 saturated carbocycles. The van der Waals surface area contributed by atoms with Gasteiger partial charge in [0.15, 0.2) is 0 Å². The van der Waals surface area contributed by atoms with Gasteiger partial charge in [0.1, 0.15) is 5.69 Å². The molecule has 1 heterocycles. The van der Waals surface area contributed by atoms with Crippen molar-refractivity contribution in [3.63, 3.8) is 0 Å². The average Bonchev–Trinajstić information content (AvgIpc) is 3.02. The van der Waals surface area contributed by atoms with Crippen LogP contribution in [0, 0.1) is 5.92 Å². The molecule has 23 heavy (non-hydrogen) atoms. The monoisotopic (exact) mass is 337 g/mol. The van der Waals surface area contributed by atoms with Gasteiger partial charge < -0.3 is 15.2 Å². The first-order chi connectivity index (χ1) is 10.5. The zero-order valence-electron chi connectivity index (χ0n) is 13.7. The Morgan fingerprint density at radius 1 is 1.30 bits per heavy atom. The number of rotatable bonds is 6. The van der Waals surface area contributed by atoms with E-state index >= 15 is 0 Å². The van der Waals surface area contributed by atoms with E-state index in [0.29, 0.717) is 18.2 Å². The lowest BCUT2D eigenvalue weighted by Gasteiger charge is -2.20. The second-order valence-corrected chi connectivity index (χ2v) is 5.87. The molecule has 0 radical (unpaired) electrons. The van der Waals surface area contributed by atoms with Crippen molar-refractivity contribution in [3.05, 3.63) is 42.2 Å². The molecule has 6 heteroatoms. The fourth-order valence-corrected chi connectivity index (χ4v) is 2.09. The second kappa shape index (κ2) is 8.70. The van der Waals surface area contributed by atoms with Crippen molar-refractivity contribution < 1.29 is 9.32 Å². The van der Waals surface area contributed by atoms with Gasteiger partial charge in [-0.1, -0.05) is 49.3 Å². The lowest BCUT2D eigenvalue weighted by molar-refractivity contribution is 0.0748. The number of hydrogen-bond donors (Lipinski definition) is 1. The third-order valence-electron chi connectivity index (χ3n) is 3.79. The van der Waals surface area contributed by atoms with Gasteiger partial charge >= 0.3 is 0 Å². The topological polar surface area (TPSA) is 72.4 Å². The third kappa shape index (κ3) is 5.08. The molecule has 1 aromatic heterocycles. The zero-order chi connectivity index (χ0) is 16.1. The summed E-state index contributed by atoms with van der Waals surface area (Å²) in [5.74, 6) is 0.476. The van der Waals surface area contributed by atoms with Crippen molar-refractivity contribution in [2.45, 2.75) is 26.3 Å². The Morgan fingerprint density at radius 2 is 1.96 bits per heavy atom. The van der Waals surface area contributed by atoms with E-state index in [1.807, 2.05) is 30.3 Å². The summed E-state index contributed by atoms with van der Waals surface area (Å²) < 4.78 is 5.18. The van der Waals surface area contributed by atoms with Crippen LogP contribution in [0.2, 0.25) is 0 Å². The molecule has 1 aromatic carbocycles. The molecule has 1 amide bonds. The van der Waals surface area contributed by atoms with E-state index in [2.05, 4.69) is 19.0 Å². The Balaban J connectivity index is 0.00000264. The molecule has 126 valence electrons. The maximum Gasteiger partial charge on any atom is 0.292 e. The van der Waals surface area contributed by atoms with Crippen molar-refractivity contribution in [3.8, 4) is 11.3 Å². The van der Waals surface area contributed by atoms with Gasteiger partial charge in [-0.2, -0.15) is 0 Å². The minimum Gasteiger partial charge on any atom is -0.350 e. The molecule has 1 atom stereocenters. The van der Waals surface area contributed by atoms with E-state index in [9.17, 15) is 4.79 Å². The van der Waals surface area contributed by atoms with Gasteiger partial charge in [-0.15, -0.1) is 12.4 Å². The Kier molecular flexibility index (Phi) is 7.26. The van der Waals surface area contributed by atoms with Gasteiger partial charge in [0.25, 0.3) is 5.91 Å². The number of halogens is 1. The predicted molar refractivity (Wildman–Crippen MR) is 93.6 cm³/mol. The zero-order valence-corrected chi connectivity index (χ0v) is 14.5. The van der Waals surface area contributed by atoms with Crippen LogP contribution in [0.5, 0.6) is 0 Å². The molecule has 1 unspecified atom stereocenters. The van der Waals surface area contributed by atoms with Crippen LogP contribution in [0.3, 0.4) is 0 Å². The predicted octanol–water partition coefficient (Wildman–Crippen LogP) is 3.21. The van der Waals surface area contributed by atoms with Crippen LogP contribution in [-0.2, 0) is 0 Å². The standard InChI is InChI=1S/C17H23N3O2.ClH/c1-12(2)14(18)9-10-20(3)17(21)16-11-15(19-22-16)13-7-5-4-6-8-13;/h4-8,11-12,14H,9-10,18H2,1-3H3;1H. The molecule has 5 nitrogen and oxygen atoms in total. The van der Waals surface area contributed by atoms with E-state index in [0.717, 1.165) is 12.0 Å². The number of nitrogens with two attached hydrogens (primary N) is 1. The van der Waals surface area contributed by atoms with E-state index in [-0.39, 0.29) is 30.1 Å². The van der Waals surface area contributed by atoms with Crippen molar-refractivity contribution in [1.29, 1.82) is 0 Å². The highest BCUT2D eigenvalue weighted by molar-refractivity contribution is 5.92. The lowest BCUT2D eigenvalue weighted by atomic mass is 10.0. The molecule has 0 spiro atoms. The van der Waals surface area contributed by atoms with Gasteiger partial charge in [-0.25, -0.2) is 0 Å². The number of carbonyl (C=O) groups is 1. The number of hydrogen-bond acceptors (Lipinski definition) is 4. The molecule has 0 aliphatic carbocycles. The smallest absolute Gasteiger partial charge is 0.292 e. The van der Waals surface area contributed by atoms with Crippen LogP contribution >= 0.6 is 12.4 Å². The van der Waals surface area contributed by atoms with Crippen LogP contribution in [0.25, 0.3) is 11.3 Å². The maximum atomic E-state index is 12.3. The fourth-order valence-electron chi connectivity index (χ4n) is 2.09. The number of carbonyl (C=O) groups excluding carboxylic acids is 1. The largest absolute Gasteiger partial charge is 0.350 e. The molecule has 2 aromatic rings. The summed E-state index contributed by atoms with van der Waals surface area (Å²) in [6, 6.07) is 11.4. The molecule has 0 bridgehead atoms. The van der Waals surface area contributed by atoms with Crippen molar-refractivity contribution in [2.24, 2.45) is 11.7 Å². The molecular formula is C17H24ClN3O2. The summed E-state index contributed by atoms with van der Waals surface area (Å²) in [6.45, 7) is 4.75. The molecule has 0 fully saturated rings. The van der Waals surface area contributed by atoms with Crippen LogP contribution in [-0.4, -0.2) is 35.6 Å². The minimum atomic E-state index is -0.175. The van der Waals surface area contributed by atoms with Crippen LogP contribution in [0.1, 0.15) is 30.8 Å². The molecule has 0 aliphatic heterocycles. The third-order valence-corrected chi connectivity index (χ3v) is 3.79. The van der Waals surface area contributed by atoms with Gasteiger partial charge in [-0.05, 0) is 12.3 Å². The molecule has 2 rings (SSSR count). The lowest BCUT2D eigenvalue weighted by Crippen LogP contribution is -2.34. The molecule has 2 N–H and O–H groups in total. The Labute approximate surface area is 143 Å². The van der Waals surface area contributed by atoms with Gasteiger partial charge in [0.05, 0.1) is 0 Å². The quantitative estimate of drug-likeness (QED) is 0.878. The molecule has 0 saturated heterocycles. The summed E-state index contributed by atoms with van der Waals surface area (Å²) in [5, 5.41) is 3.97. The summed E-state index contributed by atoms with van der Waals surface area (Å²) in [7, 11) is 1.75. The van der Waals surface area contributed by atoms with Gasteiger partial charge in [0.2, 0.25) is 5.76 Å².